The van der Waals surface area contributed by atoms with E-state index in [9.17, 15) is 0 Å². The first-order valence-corrected chi connectivity index (χ1v) is 10.2. The zero-order valence-electron chi connectivity index (χ0n) is 16.9. The summed E-state index contributed by atoms with van der Waals surface area (Å²) in [6.07, 6.45) is 0. The van der Waals surface area contributed by atoms with Gasteiger partial charge in [0.2, 0.25) is 4.77 Å². The molecule has 152 valence electrons. The van der Waals surface area contributed by atoms with Gasteiger partial charge in [-0.3, -0.25) is 9.80 Å². The highest BCUT2D eigenvalue weighted by Crippen LogP contribution is 2.15. The molecule has 0 radical (unpaired) electrons. The number of rotatable bonds is 6. The standard InChI is InChI=1S/C21H26N6OS/c1-17-4-3-5-18(14-17)15-24-10-12-25(13-11-24)16-26-21(29)27(23-22-26)19-6-8-20(28-2)9-7-19/h3-9,14H,10-13,15-16H2,1-2H3. The van der Waals surface area contributed by atoms with E-state index in [4.69, 9.17) is 17.0 Å². The van der Waals surface area contributed by atoms with Crippen LogP contribution in [0.3, 0.4) is 0 Å². The molecule has 0 bridgehead atoms. The SMILES string of the molecule is COc1ccc(-n2nnn(CN3CCN(Cc4cccc(C)c4)CC3)c2=S)cc1. The first kappa shape index (κ1) is 19.8. The minimum absolute atomic E-state index is 0.595. The molecule has 0 spiro atoms. The molecule has 0 aliphatic carbocycles. The van der Waals surface area contributed by atoms with Gasteiger partial charge in [-0.1, -0.05) is 29.8 Å². The Morgan fingerprint density at radius 2 is 1.69 bits per heavy atom. The second-order valence-electron chi connectivity index (χ2n) is 7.40. The molecule has 1 aliphatic heterocycles. The third kappa shape index (κ3) is 4.72. The number of aromatic nitrogens is 4. The fourth-order valence-corrected chi connectivity index (χ4v) is 3.83. The number of hydrogen-bond acceptors (Lipinski definition) is 6. The topological polar surface area (TPSA) is 51.4 Å². The lowest BCUT2D eigenvalue weighted by molar-refractivity contribution is 0.0975. The zero-order chi connectivity index (χ0) is 20.2. The molecule has 0 N–H and O–H groups in total. The Morgan fingerprint density at radius 3 is 2.38 bits per heavy atom. The van der Waals surface area contributed by atoms with Crippen molar-refractivity contribution < 1.29 is 4.74 Å². The van der Waals surface area contributed by atoms with Gasteiger partial charge < -0.3 is 4.74 Å². The van der Waals surface area contributed by atoms with Crippen LogP contribution in [0.5, 0.6) is 5.75 Å². The lowest BCUT2D eigenvalue weighted by Crippen LogP contribution is -2.46. The Morgan fingerprint density at radius 1 is 0.966 bits per heavy atom. The van der Waals surface area contributed by atoms with E-state index in [1.165, 1.54) is 11.1 Å². The second kappa shape index (κ2) is 8.86. The monoisotopic (exact) mass is 410 g/mol. The molecule has 0 unspecified atom stereocenters. The maximum absolute atomic E-state index is 5.59. The Labute approximate surface area is 176 Å². The van der Waals surface area contributed by atoms with Gasteiger partial charge in [0.25, 0.3) is 0 Å². The van der Waals surface area contributed by atoms with Crippen molar-refractivity contribution in [1.29, 1.82) is 0 Å². The van der Waals surface area contributed by atoms with Crippen molar-refractivity contribution in [3.05, 3.63) is 64.4 Å². The van der Waals surface area contributed by atoms with E-state index in [1.807, 2.05) is 24.3 Å². The maximum Gasteiger partial charge on any atom is 0.221 e. The van der Waals surface area contributed by atoms with Gasteiger partial charge in [0.15, 0.2) is 0 Å². The summed E-state index contributed by atoms with van der Waals surface area (Å²) in [5, 5.41) is 8.50. The van der Waals surface area contributed by atoms with E-state index in [2.05, 4.69) is 51.4 Å². The van der Waals surface area contributed by atoms with Crippen LogP contribution in [-0.2, 0) is 13.2 Å². The predicted octanol–water partition coefficient (Wildman–Crippen LogP) is 2.89. The Bertz CT molecular complexity index is 1000. The van der Waals surface area contributed by atoms with Crippen LogP contribution in [0, 0.1) is 11.7 Å². The van der Waals surface area contributed by atoms with Gasteiger partial charge in [0.05, 0.1) is 19.5 Å². The maximum atomic E-state index is 5.59. The van der Waals surface area contributed by atoms with Crippen molar-refractivity contribution in [3.63, 3.8) is 0 Å². The van der Waals surface area contributed by atoms with Gasteiger partial charge >= 0.3 is 0 Å². The van der Waals surface area contributed by atoms with Gasteiger partial charge in [-0.15, -0.1) is 0 Å². The highest BCUT2D eigenvalue weighted by molar-refractivity contribution is 7.71. The fraction of sp³-hybridized carbons (Fsp3) is 0.381. The zero-order valence-corrected chi connectivity index (χ0v) is 17.7. The number of methoxy groups -OCH3 is 1. The molecule has 2 aromatic carbocycles. The number of aryl methyl sites for hydroxylation is 1. The molecular formula is C21H26N6OS. The molecule has 3 aromatic rings. The molecule has 29 heavy (non-hydrogen) atoms. The summed E-state index contributed by atoms with van der Waals surface area (Å²) in [5.41, 5.74) is 3.57. The van der Waals surface area contributed by atoms with Gasteiger partial charge in [-0.05, 0) is 59.4 Å². The highest BCUT2D eigenvalue weighted by atomic mass is 32.1. The lowest BCUT2D eigenvalue weighted by atomic mass is 10.1. The molecule has 1 fully saturated rings. The van der Waals surface area contributed by atoms with Crippen LogP contribution in [-0.4, -0.2) is 62.9 Å². The number of piperazine rings is 1. The molecule has 0 atom stereocenters. The van der Waals surface area contributed by atoms with Crippen LogP contribution >= 0.6 is 12.2 Å². The largest absolute Gasteiger partial charge is 0.497 e. The average molecular weight is 411 g/mol. The molecule has 8 heteroatoms. The summed E-state index contributed by atoms with van der Waals surface area (Å²) < 4.78 is 9.27. The average Bonchev–Trinajstić information content (AvgIpc) is 3.10. The third-order valence-electron chi connectivity index (χ3n) is 5.24. The molecule has 0 saturated carbocycles. The normalized spacial score (nSPS) is 15.5. The molecular weight excluding hydrogens is 384 g/mol. The van der Waals surface area contributed by atoms with Gasteiger partial charge in [-0.2, -0.15) is 4.68 Å². The van der Waals surface area contributed by atoms with Crippen molar-refractivity contribution >= 4 is 12.2 Å². The van der Waals surface area contributed by atoms with Gasteiger partial charge in [0, 0.05) is 32.7 Å². The number of ether oxygens (including phenoxy) is 1. The summed E-state index contributed by atoms with van der Waals surface area (Å²) in [5.74, 6) is 0.802. The number of benzene rings is 2. The van der Waals surface area contributed by atoms with Crippen LogP contribution in [0.1, 0.15) is 11.1 Å². The number of nitrogens with zero attached hydrogens (tertiary/aromatic N) is 6. The molecule has 1 aromatic heterocycles. The van der Waals surface area contributed by atoms with E-state index >= 15 is 0 Å². The van der Waals surface area contributed by atoms with Crippen molar-refractivity contribution in [3.8, 4) is 11.4 Å². The Balaban J connectivity index is 1.35. The molecule has 7 nitrogen and oxygen atoms in total. The van der Waals surface area contributed by atoms with Crippen molar-refractivity contribution in [2.75, 3.05) is 33.3 Å². The van der Waals surface area contributed by atoms with Gasteiger partial charge in [-0.25, -0.2) is 4.68 Å². The highest BCUT2D eigenvalue weighted by Gasteiger charge is 2.18. The van der Waals surface area contributed by atoms with Crippen LogP contribution in [0.25, 0.3) is 5.69 Å². The van der Waals surface area contributed by atoms with E-state index in [0.717, 1.165) is 44.2 Å². The molecule has 1 saturated heterocycles. The number of hydrogen-bond donors (Lipinski definition) is 0. The summed E-state index contributed by atoms with van der Waals surface area (Å²) in [4.78, 5) is 4.87. The van der Waals surface area contributed by atoms with E-state index < -0.39 is 0 Å². The predicted molar refractivity (Wildman–Crippen MR) is 115 cm³/mol. The Kier molecular flexibility index (Phi) is 6.03. The fourth-order valence-electron chi connectivity index (χ4n) is 3.60. The molecule has 4 rings (SSSR count). The minimum atomic E-state index is 0.595. The minimum Gasteiger partial charge on any atom is -0.497 e. The molecule has 0 amide bonds. The summed E-state index contributed by atoms with van der Waals surface area (Å²) in [6, 6.07) is 16.4. The van der Waals surface area contributed by atoms with Crippen LogP contribution in [0.4, 0.5) is 0 Å². The van der Waals surface area contributed by atoms with Crippen LogP contribution in [0.15, 0.2) is 48.5 Å². The quantitative estimate of drug-likeness (QED) is 0.583. The van der Waals surface area contributed by atoms with Gasteiger partial charge in [0.1, 0.15) is 5.75 Å². The van der Waals surface area contributed by atoms with Crippen molar-refractivity contribution in [2.24, 2.45) is 0 Å². The second-order valence-corrected chi connectivity index (χ2v) is 7.76. The van der Waals surface area contributed by atoms with Crippen molar-refractivity contribution in [1.82, 2.24) is 29.6 Å². The van der Waals surface area contributed by atoms with Crippen molar-refractivity contribution in [2.45, 2.75) is 20.1 Å². The molecule has 1 aliphatic rings. The smallest absolute Gasteiger partial charge is 0.221 e. The molecule has 2 heterocycles. The lowest BCUT2D eigenvalue weighted by Gasteiger charge is -2.34. The first-order valence-electron chi connectivity index (χ1n) is 9.80. The van der Waals surface area contributed by atoms with E-state index in [-0.39, 0.29) is 0 Å². The van der Waals surface area contributed by atoms with E-state index in [0.29, 0.717) is 11.4 Å². The summed E-state index contributed by atoms with van der Waals surface area (Å²) in [6.45, 7) is 7.85. The number of tetrazole rings is 1. The first-order chi connectivity index (χ1) is 14.1. The summed E-state index contributed by atoms with van der Waals surface area (Å²) in [7, 11) is 1.65. The van der Waals surface area contributed by atoms with Crippen LogP contribution < -0.4 is 4.74 Å². The third-order valence-corrected chi connectivity index (χ3v) is 5.63. The van der Waals surface area contributed by atoms with E-state index in [1.54, 1.807) is 16.5 Å². The Hall–Kier alpha value is -2.55. The summed E-state index contributed by atoms with van der Waals surface area (Å²) >= 11 is 5.59. The van der Waals surface area contributed by atoms with Crippen LogP contribution in [0.2, 0.25) is 0 Å².